The average molecular weight is 514 g/mol. The predicted molar refractivity (Wildman–Crippen MR) is 143 cm³/mol. The fourth-order valence-corrected chi connectivity index (χ4v) is 5.95. The molecule has 10 heteroatoms. The molecule has 1 saturated carbocycles. The normalized spacial score (nSPS) is 18.1. The maximum absolute atomic E-state index is 12.9. The Bertz CT molecular complexity index is 1290. The Hall–Kier alpha value is -3.11. The first kappa shape index (κ1) is 26.0. The van der Waals surface area contributed by atoms with Gasteiger partial charge in [-0.25, -0.2) is 18.1 Å². The molecule has 9 nitrogen and oxygen atoms in total. The summed E-state index contributed by atoms with van der Waals surface area (Å²) < 4.78 is 39.1. The van der Waals surface area contributed by atoms with Crippen molar-refractivity contribution in [2.75, 3.05) is 51.6 Å². The standard InChI is InChI=1S/C26H35N5O4S/c1-31(2)25-21-7-5-6-8-22(21)29-26(30-25)27-16-18-9-11-19(12-10-18)17-28-36(32,33)24-15-20(34-3)13-14-23(24)35-4/h5-8,13-15,18-19,28H,9-12,16-17H2,1-4H3,(H,27,29,30). The van der Waals surface area contributed by atoms with E-state index in [1.54, 1.807) is 12.1 Å². The number of fused-ring (bicyclic) bond motifs is 1. The van der Waals surface area contributed by atoms with Crippen LogP contribution in [0.5, 0.6) is 11.5 Å². The quantitative estimate of drug-likeness (QED) is 0.420. The number of anilines is 2. The van der Waals surface area contributed by atoms with Crippen molar-refractivity contribution in [3.63, 3.8) is 0 Å². The molecule has 0 atom stereocenters. The fourth-order valence-electron chi connectivity index (χ4n) is 4.65. The molecule has 36 heavy (non-hydrogen) atoms. The summed E-state index contributed by atoms with van der Waals surface area (Å²) in [7, 11) is 3.22. The van der Waals surface area contributed by atoms with Gasteiger partial charge >= 0.3 is 0 Å². The lowest BCUT2D eigenvalue weighted by Crippen LogP contribution is -2.32. The molecule has 1 heterocycles. The first-order valence-electron chi connectivity index (χ1n) is 12.2. The Kier molecular flexibility index (Phi) is 8.15. The molecule has 1 aromatic heterocycles. The Labute approximate surface area is 213 Å². The van der Waals surface area contributed by atoms with Gasteiger partial charge < -0.3 is 19.7 Å². The monoisotopic (exact) mass is 513 g/mol. The van der Waals surface area contributed by atoms with Crippen LogP contribution in [0.3, 0.4) is 0 Å². The van der Waals surface area contributed by atoms with Gasteiger partial charge in [-0.3, -0.25) is 0 Å². The zero-order chi connectivity index (χ0) is 25.7. The third kappa shape index (κ3) is 5.99. The number of rotatable bonds is 10. The number of nitrogens with zero attached hydrogens (tertiary/aromatic N) is 3. The number of methoxy groups -OCH3 is 2. The molecule has 1 aliphatic carbocycles. The lowest BCUT2D eigenvalue weighted by Gasteiger charge is -2.29. The second-order valence-electron chi connectivity index (χ2n) is 9.42. The van der Waals surface area contributed by atoms with Crippen molar-refractivity contribution < 1.29 is 17.9 Å². The molecule has 4 rings (SSSR count). The highest BCUT2D eigenvalue weighted by Gasteiger charge is 2.25. The van der Waals surface area contributed by atoms with Gasteiger partial charge in [-0.2, -0.15) is 4.98 Å². The predicted octanol–water partition coefficient (Wildman–Crippen LogP) is 3.91. The third-order valence-electron chi connectivity index (χ3n) is 6.74. The van der Waals surface area contributed by atoms with E-state index in [2.05, 4.69) is 15.0 Å². The number of hydrogen-bond acceptors (Lipinski definition) is 8. The zero-order valence-electron chi connectivity index (χ0n) is 21.3. The largest absolute Gasteiger partial charge is 0.497 e. The van der Waals surface area contributed by atoms with Gasteiger partial charge in [0.15, 0.2) is 0 Å². The average Bonchev–Trinajstić information content (AvgIpc) is 2.90. The number of hydrogen-bond donors (Lipinski definition) is 2. The van der Waals surface area contributed by atoms with Crippen LogP contribution in [0.15, 0.2) is 47.4 Å². The topological polar surface area (TPSA) is 106 Å². The summed E-state index contributed by atoms with van der Waals surface area (Å²) >= 11 is 0. The lowest BCUT2D eigenvalue weighted by molar-refractivity contribution is 0.284. The molecule has 1 aliphatic rings. The van der Waals surface area contributed by atoms with Crippen LogP contribution in [0.25, 0.3) is 10.9 Å². The Morgan fingerprint density at radius 1 is 0.944 bits per heavy atom. The maximum Gasteiger partial charge on any atom is 0.244 e. The molecular weight excluding hydrogens is 478 g/mol. The van der Waals surface area contributed by atoms with E-state index in [1.807, 2.05) is 43.3 Å². The highest BCUT2D eigenvalue weighted by atomic mass is 32.2. The highest BCUT2D eigenvalue weighted by Crippen LogP contribution is 2.31. The van der Waals surface area contributed by atoms with E-state index < -0.39 is 10.0 Å². The SMILES string of the molecule is COc1ccc(OC)c(S(=O)(=O)NCC2CCC(CNc3nc(N(C)C)c4ccccc4n3)CC2)c1. The van der Waals surface area contributed by atoms with Gasteiger partial charge in [0.05, 0.1) is 19.7 Å². The van der Waals surface area contributed by atoms with Gasteiger partial charge in [0, 0.05) is 38.6 Å². The Balaban J connectivity index is 1.31. The summed E-state index contributed by atoms with van der Waals surface area (Å²) in [6.07, 6.45) is 3.98. The van der Waals surface area contributed by atoms with Crippen LogP contribution in [0.1, 0.15) is 25.7 Å². The molecule has 3 aromatic rings. The second kappa shape index (κ2) is 11.3. The highest BCUT2D eigenvalue weighted by molar-refractivity contribution is 7.89. The van der Waals surface area contributed by atoms with Gasteiger partial charge in [0.1, 0.15) is 22.2 Å². The minimum Gasteiger partial charge on any atom is -0.497 e. The number of para-hydroxylation sites is 1. The van der Waals surface area contributed by atoms with Crippen molar-refractivity contribution in [1.82, 2.24) is 14.7 Å². The van der Waals surface area contributed by atoms with E-state index in [1.165, 1.54) is 20.3 Å². The van der Waals surface area contributed by atoms with Gasteiger partial charge in [-0.15, -0.1) is 0 Å². The molecule has 0 amide bonds. The minimum absolute atomic E-state index is 0.0923. The van der Waals surface area contributed by atoms with E-state index in [-0.39, 0.29) is 4.90 Å². The van der Waals surface area contributed by atoms with Gasteiger partial charge in [0.25, 0.3) is 0 Å². The first-order chi connectivity index (χ1) is 17.3. The summed E-state index contributed by atoms with van der Waals surface area (Å²) in [4.78, 5) is 11.5. The lowest BCUT2D eigenvalue weighted by atomic mass is 9.82. The molecule has 0 aliphatic heterocycles. The van der Waals surface area contributed by atoms with Crippen molar-refractivity contribution in [2.45, 2.75) is 30.6 Å². The van der Waals surface area contributed by atoms with Crippen LogP contribution in [-0.2, 0) is 10.0 Å². The maximum atomic E-state index is 12.9. The van der Waals surface area contributed by atoms with Crippen molar-refractivity contribution in [2.24, 2.45) is 11.8 Å². The summed E-state index contributed by atoms with van der Waals surface area (Å²) in [6.45, 7) is 1.20. The van der Waals surface area contributed by atoms with Crippen molar-refractivity contribution in [3.8, 4) is 11.5 Å². The van der Waals surface area contributed by atoms with Crippen LogP contribution >= 0.6 is 0 Å². The molecule has 0 bridgehead atoms. The van der Waals surface area contributed by atoms with Crippen molar-refractivity contribution >= 4 is 32.7 Å². The van der Waals surface area contributed by atoms with Gasteiger partial charge in [-0.1, -0.05) is 12.1 Å². The van der Waals surface area contributed by atoms with Gasteiger partial charge in [-0.05, 0) is 61.8 Å². The van der Waals surface area contributed by atoms with E-state index in [0.717, 1.165) is 48.9 Å². The molecule has 0 unspecified atom stereocenters. The third-order valence-corrected chi connectivity index (χ3v) is 8.19. The number of nitrogens with one attached hydrogen (secondary N) is 2. The molecule has 0 spiro atoms. The first-order valence-corrected chi connectivity index (χ1v) is 13.7. The minimum atomic E-state index is -3.71. The molecule has 2 N–H and O–H groups in total. The Morgan fingerprint density at radius 2 is 1.64 bits per heavy atom. The Morgan fingerprint density at radius 3 is 2.31 bits per heavy atom. The smallest absolute Gasteiger partial charge is 0.244 e. The molecule has 194 valence electrons. The van der Waals surface area contributed by atoms with E-state index in [4.69, 9.17) is 14.5 Å². The summed E-state index contributed by atoms with van der Waals surface area (Å²) in [6, 6.07) is 12.8. The van der Waals surface area contributed by atoms with Crippen molar-refractivity contribution in [3.05, 3.63) is 42.5 Å². The van der Waals surface area contributed by atoms with E-state index in [9.17, 15) is 8.42 Å². The van der Waals surface area contributed by atoms with Crippen LogP contribution in [0, 0.1) is 11.8 Å². The summed E-state index contributed by atoms with van der Waals surface area (Å²) in [5, 5.41) is 4.46. The number of aromatic nitrogens is 2. The van der Waals surface area contributed by atoms with Crippen LogP contribution in [0.4, 0.5) is 11.8 Å². The van der Waals surface area contributed by atoms with Crippen LogP contribution in [0.2, 0.25) is 0 Å². The van der Waals surface area contributed by atoms with Gasteiger partial charge in [0.2, 0.25) is 16.0 Å². The zero-order valence-corrected chi connectivity index (χ0v) is 22.1. The molecule has 0 radical (unpaired) electrons. The fraction of sp³-hybridized carbons (Fsp3) is 0.462. The van der Waals surface area contributed by atoms with Crippen molar-refractivity contribution in [1.29, 1.82) is 0 Å². The summed E-state index contributed by atoms with van der Waals surface area (Å²) in [5.41, 5.74) is 0.919. The van der Waals surface area contributed by atoms with E-state index >= 15 is 0 Å². The van der Waals surface area contributed by atoms with E-state index in [0.29, 0.717) is 35.8 Å². The molecule has 0 saturated heterocycles. The van der Waals surface area contributed by atoms with Crippen LogP contribution in [-0.4, -0.2) is 59.8 Å². The van der Waals surface area contributed by atoms with Crippen LogP contribution < -0.4 is 24.4 Å². The summed E-state index contributed by atoms with van der Waals surface area (Å²) in [5.74, 6) is 3.09. The molecule has 1 fully saturated rings. The molecule has 2 aromatic carbocycles. The molecular formula is C26H35N5O4S. The number of sulfonamides is 1. The number of benzene rings is 2. The second-order valence-corrected chi connectivity index (χ2v) is 11.2. The number of ether oxygens (including phenoxy) is 2.